The summed E-state index contributed by atoms with van der Waals surface area (Å²) in [6, 6.07) is 20.3. The molecule has 0 radical (unpaired) electrons. The van der Waals surface area contributed by atoms with Gasteiger partial charge in [0.2, 0.25) is 17.7 Å². The van der Waals surface area contributed by atoms with Gasteiger partial charge in [-0.1, -0.05) is 54.0 Å². The molecule has 1 aromatic heterocycles. The zero-order chi connectivity index (χ0) is 50.1. The van der Waals surface area contributed by atoms with E-state index in [1.807, 2.05) is 45.2 Å². The van der Waals surface area contributed by atoms with Crippen LogP contribution in [-0.2, 0) is 14.4 Å². The average molecular weight is 1020 g/mol. The van der Waals surface area contributed by atoms with Crippen LogP contribution >= 0.6 is 15.9 Å². The van der Waals surface area contributed by atoms with Crippen LogP contribution in [-0.4, -0.2) is 133 Å². The molecule has 0 bridgehead atoms. The zero-order valence-corrected chi connectivity index (χ0v) is 41.2. The van der Waals surface area contributed by atoms with Crippen molar-refractivity contribution in [1.29, 1.82) is 0 Å². The van der Waals surface area contributed by atoms with Crippen LogP contribution in [0, 0.1) is 5.92 Å². The third kappa shape index (κ3) is 12.2. The minimum absolute atomic E-state index is 0.0194. The monoisotopic (exact) mass is 1020 g/mol. The fraction of sp³-hybridized carbons (Fsp3) is 0.380. The Morgan fingerprint density at radius 1 is 0.857 bits per heavy atom. The number of urea groups is 1. The Labute approximate surface area is 414 Å². The highest BCUT2D eigenvalue weighted by Crippen LogP contribution is 2.46. The molecule has 20 heteroatoms. The number of carbonyl (C=O) groups excluding carboxylic acids is 7. The number of hydrogen-bond acceptors (Lipinski definition) is 10. The third-order valence-corrected chi connectivity index (χ3v) is 13.2. The molecular formula is C50H60BrN11O8. The second-order valence-electron chi connectivity index (χ2n) is 17.8. The summed E-state index contributed by atoms with van der Waals surface area (Å²) in [6.07, 6.45) is 0.0651. The molecule has 9 N–H and O–H groups in total. The van der Waals surface area contributed by atoms with Gasteiger partial charge in [0.1, 0.15) is 17.5 Å². The molecule has 3 atom stereocenters. The maximum atomic E-state index is 14.4. The molecule has 2 unspecified atom stereocenters. The van der Waals surface area contributed by atoms with Gasteiger partial charge in [0.25, 0.3) is 11.8 Å². The van der Waals surface area contributed by atoms with Gasteiger partial charge in [-0.05, 0) is 92.2 Å². The van der Waals surface area contributed by atoms with Crippen molar-refractivity contribution in [3.05, 3.63) is 95.7 Å². The molecule has 19 nitrogen and oxygen atoms in total. The van der Waals surface area contributed by atoms with Crippen LogP contribution in [0.15, 0.2) is 78.9 Å². The van der Waals surface area contributed by atoms with Gasteiger partial charge < -0.3 is 56.7 Å². The number of alkyl halides is 1. The molecule has 370 valence electrons. The van der Waals surface area contributed by atoms with E-state index in [2.05, 4.69) is 57.7 Å². The van der Waals surface area contributed by atoms with Gasteiger partial charge in [-0.15, -0.1) is 0 Å². The summed E-state index contributed by atoms with van der Waals surface area (Å²) in [5.41, 5.74) is 9.06. The number of likely N-dealkylation sites (N-methyl/N-ethyl adjacent to an activating group) is 2. The van der Waals surface area contributed by atoms with Crippen LogP contribution < -0.4 is 47.3 Å². The second-order valence-corrected chi connectivity index (χ2v) is 18.5. The summed E-state index contributed by atoms with van der Waals surface area (Å²) >= 11 is 3.68. The number of rotatable bonds is 18. The number of benzene rings is 4. The van der Waals surface area contributed by atoms with E-state index < -0.39 is 41.9 Å². The Bertz CT molecular complexity index is 2760. The van der Waals surface area contributed by atoms with Crippen molar-refractivity contribution in [2.45, 2.75) is 51.6 Å². The van der Waals surface area contributed by atoms with E-state index in [0.29, 0.717) is 82.9 Å². The number of nitrogens with two attached hydrogens (primary N) is 1. The smallest absolute Gasteiger partial charge is 0.409 e. The van der Waals surface area contributed by atoms with E-state index in [0.717, 1.165) is 29.4 Å². The Morgan fingerprint density at radius 2 is 1.57 bits per heavy atom. The molecule has 8 amide bonds. The molecule has 7 rings (SSSR count). The first-order chi connectivity index (χ1) is 33.6. The molecule has 0 saturated carbocycles. The van der Waals surface area contributed by atoms with Crippen molar-refractivity contribution in [3.63, 3.8) is 0 Å². The minimum atomic E-state index is -1.01. The standard InChI is InChI=1S/C50H60BrN11O8/c1-5-53-42(63)27-55-44(29(2)3)47(66)59-38(11-8-18-54-49(52)68)46(65)56-33-14-12-30(13-15-33)45(64)57-34-16-17-37-31(23-34)24-39(58-37)48(67)62-28-32(26-51)43-36-10-7-6-9-35(36)41(25-40(43)62)70-50(69)61-21-19-60(4)20-22-61/h6-7,9-10,12-17,23-25,29,32,38,44,55,58H,5,8,11,18-22,26-28H2,1-4H3,(H,53,63)(H,56,65)(H,57,64)(H,59,66)(H3,52,54,68)/t32-,38?,44?/m1/s1. The largest absolute Gasteiger partial charge is 0.415 e. The SMILES string of the molecule is CCNC(=O)CNC(C(=O)NC(CCCNC(N)=O)C(=O)Nc1ccc(C(=O)Nc2ccc3[nH]c(C(=O)N4C[C@@H](CBr)c5c4cc(OC(=O)N4CCN(C)CC4)c4ccccc54)cc3c2)cc1)C(C)C. The number of H-pyrrole nitrogens is 1. The zero-order valence-electron chi connectivity index (χ0n) is 39.7. The maximum Gasteiger partial charge on any atom is 0.415 e. The van der Waals surface area contributed by atoms with Gasteiger partial charge in [-0.2, -0.15) is 0 Å². The lowest BCUT2D eigenvalue weighted by Gasteiger charge is -2.31. The number of carbonyl (C=O) groups is 7. The lowest BCUT2D eigenvalue weighted by Crippen LogP contribution is -2.54. The predicted molar refractivity (Wildman–Crippen MR) is 273 cm³/mol. The van der Waals surface area contributed by atoms with Gasteiger partial charge in [-0.25, -0.2) is 9.59 Å². The van der Waals surface area contributed by atoms with Crippen LogP contribution in [0.2, 0.25) is 0 Å². The first-order valence-corrected chi connectivity index (χ1v) is 24.5. The van der Waals surface area contributed by atoms with Crippen molar-refractivity contribution in [3.8, 4) is 5.75 Å². The molecular weight excluding hydrogens is 963 g/mol. The van der Waals surface area contributed by atoms with Gasteiger partial charge in [0, 0.05) is 96.4 Å². The Balaban J connectivity index is 1.02. The molecule has 4 aromatic carbocycles. The quantitative estimate of drug-likeness (QED) is 0.0427. The van der Waals surface area contributed by atoms with Gasteiger partial charge in [0.05, 0.1) is 18.3 Å². The first-order valence-electron chi connectivity index (χ1n) is 23.4. The van der Waals surface area contributed by atoms with Crippen LogP contribution in [0.5, 0.6) is 5.75 Å². The van der Waals surface area contributed by atoms with Crippen molar-refractivity contribution in [2.24, 2.45) is 11.7 Å². The maximum absolute atomic E-state index is 14.4. The summed E-state index contributed by atoms with van der Waals surface area (Å²) in [5, 5.41) is 19.6. The van der Waals surface area contributed by atoms with E-state index in [1.165, 1.54) is 0 Å². The van der Waals surface area contributed by atoms with Crippen molar-refractivity contribution < 1.29 is 38.3 Å². The molecule has 0 spiro atoms. The molecule has 1 fully saturated rings. The van der Waals surface area contributed by atoms with Crippen LogP contribution in [0.1, 0.15) is 65.9 Å². The molecule has 3 heterocycles. The van der Waals surface area contributed by atoms with Crippen LogP contribution in [0.3, 0.4) is 0 Å². The molecule has 2 aliphatic heterocycles. The Hall–Kier alpha value is -7.03. The summed E-state index contributed by atoms with van der Waals surface area (Å²) in [6.45, 7) is 9.00. The topological polar surface area (TPSA) is 252 Å². The number of piperazine rings is 1. The molecule has 70 heavy (non-hydrogen) atoms. The van der Waals surface area contributed by atoms with Crippen molar-refractivity contribution in [1.82, 2.24) is 36.1 Å². The van der Waals surface area contributed by atoms with Gasteiger partial charge in [-0.3, -0.25) is 29.3 Å². The predicted octanol–water partition coefficient (Wildman–Crippen LogP) is 5.08. The van der Waals surface area contributed by atoms with Gasteiger partial charge in [0.15, 0.2) is 0 Å². The van der Waals surface area contributed by atoms with Crippen molar-refractivity contribution >= 4 is 96.3 Å². The summed E-state index contributed by atoms with van der Waals surface area (Å²) in [4.78, 5) is 100. The number of aromatic amines is 1. The number of fused-ring (bicyclic) bond motifs is 4. The number of halogens is 1. The number of hydrogen-bond donors (Lipinski definition) is 8. The number of aromatic nitrogens is 1. The highest BCUT2D eigenvalue weighted by atomic mass is 79.9. The van der Waals surface area contributed by atoms with Crippen molar-refractivity contribution in [2.75, 3.05) is 80.3 Å². The Kier molecular flexibility index (Phi) is 16.7. The van der Waals surface area contributed by atoms with E-state index >= 15 is 0 Å². The van der Waals surface area contributed by atoms with E-state index in [-0.39, 0.29) is 43.2 Å². The highest BCUT2D eigenvalue weighted by Gasteiger charge is 2.36. The molecule has 1 saturated heterocycles. The number of amides is 8. The second kappa shape index (κ2) is 23.1. The fourth-order valence-corrected chi connectivity index (χ4v) is 9.24. The Morgan fingerprint density at radius 3 is 2.26 bits per heavy atom. The number of anilines is 3. The first kappa shape index (κ1) is 50.8. The summed E-state index contributed by atoms with van der Waals surface area (Å²) in [5.74, 6) is -1.78. The summed E-state index contributed by atoms with van der Waals surface area (Å²) in [7, 11) is 2.02. The van der Waals surface area contributed by atoms with E-state index in [1.54, 1.807) is 71.3 Å². The molecule has 0 aliphatic carbocycles. The minimum Gasteiger partial charge on any atom is -0.409 e. The molecule has 5 aromatic rings. The van der Waals surface area contributed by atoms with Crippen LogP contribution in [0.4, 0.5) is 26.7 Å². The summed E-state index contributed by atoms with van der Waals surface area (Å²) < 4.78 is 6.07. The third-order valence-electron chi connectivity index (χ3n) is 12.4. The number of primary amides is 1. The molecule has 2 aliphatic rings. The lowest BCUT2D eigenvalue weighted by atomic mass is 9.95. The normalized spacial score (nSPS) is 15.5. The van der Waals surface area contributed by atoms with E-state index in [4.69, 9.17) is 10.5 Å². The average Bonchev–Trinajstić information content (AvgIpc) is 3.94. The van der Waals surface area contributed by atoms with Gasteiger partial charge >= 0.3 is 12.1 Å². The van der Waals surface area contributed by atoms with E-state index in [9.17, 15) is 33.6 Å². The number of nitrogens with one attached hydrogen (secondary N) is 7. The highest BCUT2D eigenvalue weighted by molar-refractivity contribution is 9.09. The lowest BCUT2D eigenvalue weighted by molar-refractivity contribution is -0.129. The number of nitrogens with zero attached hydrogens (tertiary/aromatic N) is 3. The fourth-order valence-electron chi connectivity index (χ4n) is 8.71. The van der Waals surface area contributed by atoms with Crippen LogP contribution in [0.25, 0.3) is 21.7 Å². The number of ether oxygens (including phenoxy) is 1.